The van der Waals surface area contributed by atoms with Crippen LogP contribution in [0.1, 0.15) is 37.1 Å². The van der Waals surface area contributed by atoms with Crippen LogP contribution in [0.5, 0.6) is 0 Å². The molecular weight excluding hydrogens is 320 g/mol. The van der Waals surface area contributed by atoms with E-state index in [4.69, 9.17) is 8.83 Å². The van der Waals surface area contributed by atoms with Crippen molar-refractivity contribution in [1.29, 1.82) is 0 Å². The second-order valence-corrected chi connectivity index (χ2v) is 7.83. The molecule has 2 rings (SSSR count). The lowest BCUT2D eigenvalue weighted by molar-refractivity contribution is 0.0738. The molecule has 7 nitrogen and oxygen atoms in total. The molecule has 2 aromatic rings. The van der Waals surface area contributed by atoms with Crippen LogP contribution in [-0.2, 0) is 16.6 Å². The summed E-state index contributed by atoms with van der Waals surface area (Å²) in [4.78, 5) is 13.7. The maximum atomic E-state index is 12.3. The third-order valence-electron chi connectivity index (χ3n) is 2.82. The summed E-state index contributed by atoms with van der Waals surface area (Å²) in [5.41, 5.74) is -0.647. The third-order valence-corrected chi connectivity index (χ3v) is 4.45. The molecule has 126 valence electrons. The number of furan rings is 2. The topological polar surface area (TPSA) is 92.8 Å². The van der Waals surface area contributed by atoms with Crippen molar-refractivity contribution in [3.63, 3.8) is 0 Å². The van der Waals surface area contributed by atoms with Gasteiger partial charge in [-0.25, -0.2) is 13.1 Å². The third kappa shape index (κ3) is 4.46. The lowest BCUT2D eigenvalue weighted by Crippen LogP contribution is -2.40. The van der Waals surface area contributed by atoms with Crippen LogP contribution in [0.3, 0.4) is 0 Å². The summed E-state index contributed by atoms with van der Waals surface area (Å²) in [5.74, 6) is 0.140. The normalized spacial score (nSPS) is 12.3. The van der Waals surface area contributed by atoms with E-state index in [1.54, 1.807) is 40.0 Å². The van der Waals surface area contributed by atoms with Crippen LogP contribution in [0.2, 0.25) is 0 Å². The molecule has 8 heteroatoms. The second-order valence-electron chi connectivity index (χ2n) is 6.21. The fourth-order valence-electron chi connectivity index (χ4n) is 1.93. The van der Waals surface area contributed by atoms with Gasteiger partial charge in [0, 0.05) is 12.6 Å². The highest BCUT2D eigenvalue weighted by Gasteiger charge is 2.27. The number of hydrogen-bond acceptors (Lipinski definition) is 5. The van der Waals surface area contributed by atoms with E-state index >= 15 is 0 Å². The molecule has 2 heterocycles. The fraction of sp³-hybridized carbons (Fsp3) is 0.400. The van der Waals surface area contributed by atoms with Crippen molar-refractivity contribution >= 4 is 15.9 Å². The first-order chi connectivity index (χ1) is 10.6. The Kier molecular flexibility index (Phi) is 4.67. The Morgan fingerprint density at radius 2 is 1.96 bits per heavy atom. The van der Waals surface area contributed by atoms with E-state index in [0.29, 0.717) is 5.76 Å². The number of rotatable bonds is 5. The van der Waals surface area contributed by atoms with Gasteiger partial charge in [0.1, 0.15) is 5.76 Å². The SMILES string of the molecule is CN(Cc1ccco1)C(=O)c1ccc(S(=O)(=O)NC(C)(C)C)o1. The predicted octanol–water partition coefficient (Wildman–Crippen LogP) is 2.22. The van der Waals surface area contributed by atoms with Gasteiger partial charge < -0.3 is 13.7 Å². The van der Waals surface area contributed by atoms with Gasteiger partial charge in [-0.15, -0.1) is 0 Å². The average Bonchev–Trinajstić information content (AvgIpc) is 3.05. The number of carbonyl (C=O) groups is 1. The van der Waals surface area contributed by atoms with Crippen molar-refractivity contribution in [2.24, 2.45) is 0 Å². The molecule has 0 unspecified atom stereocenters. The largest absolute Gasteiger partial charge is 0.467 e. The van der Waals surface area contributed by atoms with Crippen LogP contribution >= 0.6 is 0 Å². The van der Waals surface area contributed by atoms with Crippen LogP contribution in [0.4, 0.5) is 0 Å². The number of sulfonamides is 1. The highest BCUT2D eigenvalue weighted by atomic mass is 32.2. The molecule has 1 amide bonds. The Morgan fingerprint density at radius 1 is 1.26 bits per heavy atom. The molecule has 0 aromatic carbocycles. The summed E-state index contributed by atoms with van der Waals surface area (Å²) in [6.45, 7) is 5.42. The van der Waals surface area contributed by atoms with Gasteiger partial charge in [0.15, 0.2) is 5.76 Å². The van der Waals surface area contributed by atoms with Gasteiger partial charge >= 0.3 is 0 Å². The number of nitrogens with one attached hydrogen (secondary N) is 1. The fourth-order valence-corrected chi connectivity index (χ4v) is 3.28. The van der Waals surface area contributed by atoms with Crippen LogP contribution in [-0.4, -0.2) is 31.8 Å². The summed E-state index contributed by atoms with van der Waals surface area (Å²) in [6.07, 6.45) is 1.52. The Balaban J connectivity index is 2.13. The lowest BCUT2D eigenvalue weighted by atomic mass is 10.1. The summed E-state index contributed by atoms with van der Waals surface area (Å²) >= 11 is 0. The molecule has 0 atom stereocenters. The number of amides is 1. The van der Waals surface area contributed by atoms with E-state index in [1.165, 1.54) is 23.3 Å². The van der Waals surface area contributed by atoms with Crippen LogP contribution < -0.4 is 4.72 Å². The van der Waals surface area contributed by atoms with Gasteiger partial charge in [-0.1, -0.05) is 0 Å². The Hall–Kier alpha value is -2.06. The van der Waals surface area contributed by atoms with Crippen molar-refractivity contribution in [1.82, 2.24) is 9.62 Å². The summed E-state index contributed by atoms with van der Waals surface area (Å²) in [7, 11) is -2.23. The maximum Gasteiger partial charge on any atom is 0.289 e. The van der Waals surface area contributed by atoms with Gasteiger partial charge in [-0.3, -0.25) is 4.79 Å². The van der Waals surface area contributed by atoms with E-state index < -0.39 is 21.5 Å². The molecule has 0 bridgehead atoms. The number of hydrogen-bond donors (Lipinski definition) is 1. The molecule has 0 saturated heterocycles. The van der Waals surface area contributed by atoms with Crippen molar-refractivity contribution in [3.05, 3.63) is 42.0 Å². The van der Waals surface area contributed by atoms with E-state index in [-0.39, 0.29) is 17.4 Å². The van der Waals surface area contributed by atoms with Crippen LogP contribution in [0, 0.1) is 0 Å². The molecule has 0 fully saturated rings. The highest BCUT2D eigenvalue weighted by molar-refractivity contribution is 7.89. The van der Waals surface area contributed by atoms with Gasteiger partial charge in [-0.05, 0) is 45.0 Å². The first-order valence-corrected chi connectivity index (χ1v) is 8.48. The van der Waals surface area contributed by atoms with Gasteiger partial charge in [-0.2, -0.15) is 0 Å². The summed E-state index contributed by atoms with van der Waals surface area (Å²) < 4.78 is 37.2. The van der Waals surface area contributed by atoms with Gasteiger partial charge in [0.2, 0.25) is 5.09 Å². The molecule has 2 aromatic heterocycles. The minimum Gasteiger partial charge on any atom is -0.467 e. The van der Waals surface area contributed by atoms with Crippen LogP contribution in [0.25, 0.3) is 0 Å². The van der Waals surface area contributed by atoms with E-state index in [9.17, 15) is 13.2 Å². The van der Waals surface area contributed by atoms with E-state index in [0.717, 1.165) is 0 Å². The maximum absolute atomic E-state index is 12.3. The number of nitrogens with zero attached hydrogens (tertiary/aromatic N) is 1. The predicted molar refractivity (Wildman–Crippen MR) is 83.3 cm³/mol. The van der Waals surface area contributed by atoms with Crippen LogP contribution in [0.15, 0.2) is 44.5 Å². The zero-order chi connectivity index (χ0) is 17.3. The van der Waals surface area contributed by atoms with Crippen molar-refractivity contribution in [2.45, 2.75) is 37.9 Å². The lowest BCUT2D eigenvalue weighted by Gasteiger charge is -2.19. The quantitative estimate of drug-likeness (QED) is 0.901. The van der Waals surface area contributed by atoms with E-state index in [1.807, 2.05) is 0 Å². The summed E-state index contributed by atoms with van der Waals surface area (Å²) in [5, 5.41) is -0.290. The second kappa shape index (κ2) is 6.21. The number of carbonyl (C=O) groups excluding carboxylic acids is 1. The molecule has 0 spiro atoms. The molecule has 0 aliphatic rings. The molecule has 0 saturated carbocycles. The monoisotopic (exact) mass is 340 g/mol. The van der Waals surface area contributed by atoms with E-state index in [2.05, 4.69) is 4.72 Å². The minimum absolute atomic E-state index is 0.0478. The summed E-state index contributed by atoms with van der Waals surface area (Å²) in [6, 6.07) is 6.08. The Labute approximate surface area is 135 Å². The molecule has 0 aliphatic carbocycles. The molecule has 0 radical (unpaired) electrons. The molecule has 1 N–H and O–H groups in total. The van der Waals surface area contributed by atoms with Crippen molar-refractivity contribution in [2.75, 3.05) is 7.05 Å². The Bertz CT molecular complexity index is 769. The zero-order valence-electron chi connectivity index (χ0n) is 13.5. The molecule has 0 aliphatic heterocycles. The first-order valence-electron chi connectivity index (χ1n) is 7.00. The average molecular weight is 340 g/mol. The van der Waals surface area contributed by atoms with Crippen molar-refractivity contribution < 1.29 is 22.0 Å². The smallest absolute Gasteiger partial charge is 0.289 e. The van der Waals surface area contributed by atoms with Gasteiger partial charge in [0.05, 0.1) is 12.8 Å². The van der Waals surface area contributed by atoms with Gasteiger partial charge in [0.25, 0.3) is 15.9 Å². The molecular formula is C15H20N2O5S. The minimum atomic E-state index is -3.81. The highest BCUT2D eigenvalue weighted by Crippen LogP contribution is 2.18. The standard InChI is InChI=1S/C15H20N2O5S/c1-15(2,3)16-23(19,20)13-8-7-12(22-13)14(18)17(4)10-11-6-5-9-21-11/h5-9,16H,10H2,1-4H3. The van der Waals surface area contributed by atoms with Crippen molar-refractivity contribution in [3.8, 4) is 0 Å². The Morgan fingerprint density at radius 3 is 2.52 bits per heavy atom. The molecule has 23 heavy (non-hydrogen) atoms. The zero-order valence-corrected chi connectivity index (χ0v) is 14.3. The first kappa shape index (κ1) is 17.3.